The molecule has 0 fully saturated rings. The third-order valence-corrected chi connectivity index (χ3v) is 2.76. The number of carbonyl (C=O) groups excluding carboxylic acids is 2. The predicted octanol–water partition coefficient (Wildman–Crippen LogP) is 1.83. The maximum absolute atomic E-state index is 12.0. The molecule has 6 heteroatoms. The molecule has 120 valence electrons. The Morgan fingerprint density at radius 2 is 1.91 bits per heavy atom. The van der Waals surface area contributed by atoms with Gasteiger partial charge >= 0.3 is 5.97 Å². The molecule has 0 aliphatic heterocycles. The Kier molecular flexibility index (Phi) is 7.70. The molecule has 1 atom stereocenters. The molecule has 0 heterocycles. The summed E-state index contributed by atoms with van der Waals surface area (Å²) in [6.45, 7) is 8.04. The first-order valence-electron chi connectivity index (χ1n) is 7.18. The van der Waals surface area contributed by atoms with Crippen molar-refractivity contribution in [1.29, 1.82) is 0 Å². The van der Waals surface area contributed by atoms with Crippen LogP contribution in [-0.4, -0.2) is 31.1 Å². The van der Waals surface area contributed by atoms with Crippen LogP contribution in [0.4, 0.5) is 0 Å². The number of carbonyl (C=O) groups is 2. The summed E-state index contributed by atoms with van der Waals surface area (Å²) >= 11 is 0. The van der Waals surface area contributed by atoms with E-state index < -0.39 is 12.0 Å². The molecule has 0 spiro atoms. The van der Waals surface area contributed by atoms with Gasteiger partial charge in [-0.1, -0.05) is 6.08 Å². The van der Waals surface area contributed by atoms with E-state index in [9.17, 15) is 9.59 Å². The van der Waals surface area contributed by atoms with E-state index in [4.69, 9.17) is 9.47 Å². The summed E-state index contributed by atoms with van der Waals surface area (Å²) < 4.78 is 10.2. The lowest BCUT2D eigenvalue weighted by molar-refractivity contribution is -0.145. The quantitative estimate of drug-likeness (QED) is 0.413. The predicted molar refractivity (Wildman–Crippen MR) is 83.4 cm³/mol. The fraction of sp³-hybridized carbons (Fsp3) is 0.375. The lowest BCUT2D eigenvalue weighted by Crippen LogP contribution is -2.48. The van der Waals surface area contributed by atoms with Crippen molar-refractivity contribution in [2.45, 2.75) is 26.3 Å². The number of esters is 1. The molecule has 1 aromatic carbocycles. The van der Waals surface area contributed by atoms with Gasteiger partial charge in [-0.2, -0.15) is 0 Å². The maximum Gasteiger partial charge on any atom is 0.325 e. The molecule has 0 aliphatic carbocycles. The Hall–Kier alpha value is -2.34. The molecule has 0 bridgehead atoms. The molecular formula is C16H22N2O4. The van der Waals surface area contributed by atoms with Crippen molar-refractivity contribution < 1.29 is 19.1 Å². The fourth-order valence-electron chi connectivity index (χ4n) is 1.72. The molecule has 2 N–H and O–H groups in total. The number of ether oxygens (including phenoxy) is 2. The first-order valence-corrected chi connectivity index (χ1v) is 7.18. The minimum atomic E-state index is -0.663. The number of benzene rings is 1. The highest BCUT2D eigenvalue weighted by atomic mass is 16.5. The van der Waals surface area contributed by atoms with Crippen LogP contribution in [0.1, 0.15) is 30.6 Å². The van der Waals surface area contributed by atoms with Gasteiger partial charge in [0.25, 0.3) is 5.91 Å². The first-order chi connectivity index (χ1) is 10.6. The molecule has 0 aliphatic rings. The van der Waals surface area contributed by atoms with Gasteiger partial charge in [-0.3, -0.25) is 15.0 Å². The maximum atomic E-state index is 12.0. The van der Waals surface area contributed by atoms with Gasteiger partial charge in [0.1, 0.15) is 11.8 Å². The summed E-state index contributed by atoms with van der Waals surface area (Å²) in [5, 5.41) is 0. The van der Waals surface area contributed by atoms with Crippen molar-refractivity contribution in [3.8, 4) is 5.75 Å². The summed E-state index contributed by atoms with van der Waals surface area (Å²) in [6, 6.07) is 6.06. The average molecular weight is 306 g/mol. The molecule has 6 nitrogen and oxygen atoms in total. The van der Waals surface area contributed by atoms with E-state index >= 15 is 0 Å². The van der Waals surface area contributed by atoms with E-state index in [1.807, 2.05) is 6.92 Å². The highest BCUT2D eigenvalue weighted by Gasteiger charge is 2.18. The van der Waals surface area contributed by atoms with E-state index in [1.54, 1.807) is 37.3 Å². The second-order valence-electron chi connectivity index (χ2n) is 4.38. The van der Waals surface area contributed by atoms with Crippen LogP contribution in [-0.2, 0) is 9.53 Å². The number of rotatable bonds is 9. The molecule has 1 unspecified atom stereocenters. The van der Waals surface area contributed by atoms with Crippen molar-refractivity contribution in [1.82, 2.24) is 10.9 Å². The summed E-state index contributed by atoms with van der Waals surface area (Å²) in [4.78, 5) is 23.7. The molecule has 1 rings (SSSR count). The number of hydrogen-bond acceptors (Lipinski definition) is 5. The Balaban J connectivity index is 2.58. The summed E-state index contributed by atoms with van der Waals surface area (Å²) in [5.74, 6) is -0.0844. The van der Waals surface area contributed by atoms with Crippen LogP contribution in [0.2, 0.25) is 0 Å². The molecule has 0 saturated carbocycles. The van der Waals surface area contributed by atoms with E-state index in [0.717, 1.165) is 0 Å². The first kappa shape index (κ1) is 17.7. The smallest absolute Gasteiger partial charge is 0.325 e. The third-order valence-electron chi connectivity index (χ3n) is 2.76. The van der Waals surface area contributed by atoms with Crippen LogP contribution in [0.15, 0.2) is 36.9 Å². The van der Waals surface area contributed by atoms with Crippen LogP contribution in [0, 0.1) is 0 Å². The number of amides is 1. The zero-order valence-electron chi connectivity index (χ0n) is 12.9. The summed E-state index contributed by atoms with van der Waals surface area (Å²) in [7, 11) is 0. The molecule has 1 amide bonds. The van der Waals surface area contributed by atoms with Crippen LogP contribution in [0.25, 0.3) is 0 Å². The highest BCUT2D eigenvalue weighted by Crippen LogP contribution is 2.11. The van der Waals surface area contributed by atoms with Crippen LogP contribution in [0.3, 0.4) is 0 Å². The second-order valence-corrected chi connectivity index (χ2v) is 4.38. The summed E-state index contributed by atoms with van der Waals surface area (Å²) in [6.07, 6.45) is 1.93. The van der Waals surface area contributed by atoms with E-state index in [2.05, 4.69) is 17.4 Å². The number of hydrogen-bond donors (Lipinski definition) is 2. The summed E-state index contributed by atoms with van der Waals surface area (Å²) in [5.41, 5.74) is 5.62. The lowest BCUT2D eigenvalue weighted by atomic mass is 10.2. The Morgan fingerprint density at radius 1 is 1.23 bits per heavy atom. The monoisotopic (exact) mass is 306 g/mol. The van der Waals surface area contributed by atoms with E-state index in [0.29, 0.717) is 24.3 Å². The Morgan fingerprint density at radius 3 is 2.45 bits per heavy atom. The van der Waals surface area contributed by atoms with Crippen LogP contribution in [0.5, 0.6) is 5.75 Å². The normalized spacial score (nSPS) is 11.4. The topological polar surface area (TPSA) is 76.7 Å². The third kappa shape index (κ3) is 5.57. The van der Waals surface area contributed by atoms with Gasteiger partial charge in [0.2, 0.25) is 0 Å². The Bertz CT molecular complexity index is 499. The van der Waals surface area contributed by atoms with E-state index in [1.165, 1.54) is 0 Å². The second kappa shape index (κ2) is 9.57. The average Bonchev–Trinajstić information content (AvgIpc) is 2.52. The zero-order valence-corrected chi connectivity index (χ0v) is 12.9. The zero-order chi connectivity index (χ0) is 16.4. The molecule has 0 saturated heterocycles. The van der Waals surface area contributed by atoms with Gasteiger partial charge in [0.05, 0.1) is 13.2 Å². The van der Waals surface area contributed by atoms with E-state index in [-0.39, 0.29) is 12.5 Å². The minimum Gasteiger partial charge on any atom is -0.494 e. The largest absolute Gasteiger partial charge is 0.494 e. The van der Waals surface area contributed by atoms with Crippen molar-refractivity contribution in [3.63, 3.8) is 0 Å². The van der Waals surface area contributed by atoms with Gasteiger partial charge in [-0.15, -0.1) is 6.58 Å². The number of hydrazine groups is 1. The van der Waals surface area contributed by atoms with Crippen molar-refractivity contribution in [2.24, 2.45) is 0 Å². The van der Waals surface area contributed by atoms with Gasteiger partial charge in [-0.25, -0.2) is 5.43 Å². The lowest BCUT2D eigenvalue weighted by Gasteiger charge is -2.16. The molecule has 1 aromatic rings. The van der Waals surface area contributed by atoms with Crippen molar-refractivity contribution in [3.05, 3.63) is 42.5 Å². The standard InChI is InChI=1S/C16H22N2O4/c1-4-7-14(16(20)22-6-3)17-18-15(19)12-8-10-13(11-9-12)21-5-2/h4,8-11,14,17H,1,5-7H2,2-3H3,(H,18,19). The minimum absolute atomic E-state index is 0.279. The van der Waals surface area contributed by atoms with Crippen molar-refractivity contribution in [2.75, 3.05) is 13.2 Å². The van der Waals surface area contributed by atoms with Gasteiger partial charge < -0.3 is 9.47 Å². The molecular weight excluding hydrogens is 284 g/mol. The van der Waals surface area contributed by atoms with Gasteiger partial charge in [0.15, 0.2) is 0 Å². The van der Waals surface area contributed by atoms with Gasteiger partial charge in [-0.05, 0) is 44.5 Å². The molecule has 22 heavy (non-hydrogen) atoms. The molecule has 0 aromatic heterocycles. The SMILES string of the molecule is C=CCC(NNC(=O)c1ccc(OCC)cc1)C(=O)OCC. The van der Waals surface area contributed by atoms with Crippen molar-refractivity contribution >= 4 is 11.9 Å². The highest BCUT2D eigenvalue weighted by molar-refractivity contribution is 5.94. The fourth-order valence-corrected chi connectivity index (χ4v) is 1.72. The van der Waals surface area contributed by atoms with Gasteiger partial charge in [0, 0.05) is 5.56 Å². The van der Waals surface area contributed by atoms with Crippen LogP contribution < -0.4 is 15.6 Å². The number of nitrogens with one attached hydrogen (secondary N) is 2. The van der Waals surface area contributed by atoms with Crippen LogP contribution >= 0.6 is 0 Å². The Labute approximate surface area is 130 Å². The molecule has 0 radical (unpaired) electrons.